The van der Waals surface area contributed by atoms with Crippen LogP contribution in [0, 0.1) is 0 Å². The van der Waals surface area contributed by atoms with Gasteiger partial charge >= 0.3 is 0 Å². The van der Waals surface area contributed by atoms with Gasteiger partial charge in [-0.15, -0.1) is 0 Å². The summed E-state index contributed by atoms with van der Waals surface area (Å²) in [4.78, 5) is 15.8. The van der Waals surface area contributed by atoms with Gasteiger partial charge in [-0.05, 0) is 36.4 Å². The molecular weight excluding hydrogens is 254 g/mol. The predicted molar refractivity (Wildman–Crippen MR) is 72.9 cm³/mol. The molecule has 0 bridgehead atoms. The van der Waals surface area contributed by atoms with E-state index in [0.29, 0.717) is 11.3 Å². The van der Waals surface area contributed by atoms with E-state index in [1.807, 2.05) is 30.3 Å². The zero-order valence-electron chi connectivity index (χ0n) is 10.5. The van der Waals surface area contributed by atoms with Crippen LogP contribution in [0.1, 0.15) is 16.2 Å². The monoisotopic (exact) mass is 265 g/mol. The van der Waals surface area contributed by atoms with E-state index in [-0.39, 0.29) is 11.7 Å². The van der Waals surface area contributed by atoms with Crippen LogP contribution in [0.4, 0.5) is 0 Å². The average molecular weight is 265 g/mol. The molecule has 0 atom stereocenters. The Morgan fingerprint density at radius 2 is 1.65 bits per heavy atom. The van der Waals surface area contributed by atoms with E-state index in [1.165, 1.54) is 12.5 Å². The van der Waals surface area contributed by atoms with E-state index in [2.05, 4.69) is 4.98 Å². The molecule has 0 unspecified atom stereocenters. The van der Waals surface area contributed by atoms with Gasteiger partial charge in [-0.25, -0.2) is 4.98 Å². The van der Waals surface area contributed by atoms with Crippen LogP contribution in [0.3, 0.4) is 0 Å². The molecule has 1 heterocycles. The van der Waals surface area contributed by atoms with E-state index >= 15 is 0 Å². The first kappa shape index (κ1) is 12.2. The maximum Gasteiger partial charge on any atom is 0.268 e. The van der Waals surface area contributed by atoms with Gasteiger partial charge in [0.15, 0.2) is 0 Å². The lowest BCUT2D eigenvalue weighted by Gasteiger charge is -2.05. The number of carbonyl (C=O) groups is 1. The van der Waals surface area contributed by atoms with Crippen molar-refractivity contribution >= 4 is 5.78 Å². The van der Waals surface area contributed by atoms with Gasteiger partial charge in [-0.3, -0.25) is 4.79 Å². The first-order valence-electron chi connectivity index (χ1n) is 6.10. The maximum absolute atomic E-state index is 12.0. The van der Waals surface area contributed by atoms with Crippen molar-refractivity contribution in [1.82, 2.24) is 4.98 Å². The molecule has 0 aliphatic rings. The minimum atomic E-state index is -0.249. The molecule has 0 fully saturated rings. The Balaban J connectivity index is 1.76. The Bertz CT molecular complexity index is 688. The third-order valence-corrected chi connectivity index (χ3v) is 2.72. The molecule has 3 aromatic rings. The largest absolute Gasteiger partial charge is 0.457 e. The second kappa shape index (κ2) is 5.40. The molecule has 98 valence electrons. The van der Waals surface area contributed by atoms with Crippen LogP contribution in [0.15, 0.2) is 71.5 Å². The second-order valence-electron chi connectivity index (χ2n) is 4.11. The summed E-state index contributed by atoms with van der Waals surface area (Å²) in [6, 6.07) is 16.3. The number of oxazole rings is 1. The highest BCUT2D eigenvalue weighted by atomic mass is 16.5. The summed E-state index contributed by atoms with van der Waals surface area (Å²) in [6.07, 6.45) is 2.82. The smallest absolute Gasteiger partial charge is 0.268 e. The summed E-state index contributed by atoms with van der Waals surface area (Å²) in [6.45, 7) is 0. The Morgan fingerprint density at radius 3 is 2.30 bits per heavy atom. The molecule has 4 nitrogen and oxygen atoms in total. The van der Waals surface area contributed by atoms with Crippen molar-refractivity contribution in [2.24, 2.45) is 0 Å². The van der Waals surface area contributed by atoms with Crippen LogP contribution in [0.2, 0.25) is 0 Å². The normalized spacial score (nSPS) is 10.2. The second-order valence-corrected chi connectivity index (χ2v) is 4.11. The zero-order valence-corrected chi connectivity index (χ0v) is 10.5. The zero-order chi connectivity index (χ0) is 13.8. The summed E-state index contributed by atoms with van der Waals surface area (Å²) < 4.78 is 10.6. The molecule has 0 amide bonds. The number of aromatic nitrogens is 1. The number of benzene rings is 2. The summed E-state index contributed by atoms with van der Waals surface area (Å²) >= 11 is 0. The van der Waals surface area contributed by atoms with Crippen molar-refractivity contribution in [2.45, 2.75) is 0 Å². The molecule has 0 saturated heterocycles. The summed E-state index contributed by atoms with van der Waals surface area (Å²) in [5.74, 6) is 1.25. The van der Waals surface area contributed by atoms with Gasteiger partial charge in [-0.1, -0.05) is 18.2 Å². The quantitative estimate of drug-likeness (QED) is 0.675. The number of ketones is 1. The number of nitrogens with zero attached hydrogens (tertiary/aromatic N) is 1. The van der Waals surface area contributed by atoms with Crippen LogP contribution in [-0.4, -0.2) is 10.8 Å². The third kappa shape index (κ3) is 2.59. The molecule has 0 aliphatic carbocycles. The van der Waals surface area contributed by atoms with Crippen LogP contribution < -0.4 is 4.74 Å². The number of para-hydroxylation sites is 1. The molecular formula is C16H11NO3. The van der Waals surface area contributed by atoms with Gasteiger partial charge in [0.25, 0.3) is 5.89 Å². The number of rotatable bonds is 4. The molecule has 2 aromatic carbocycles. The molecule has 3 rings (SSSR count). The number of hydrogen-bond acceptors (Lipinski definition) is 4. The standard InChI is InChI=1S/C16H11NO3/c18-15(16-17-10-11-19-16)12-6-8-14(9-7-12)20-13-4-2-1-3-5-13/h1-11H. The summed E-state index contributed by atoms with van der Waals surface area (Å²) in [7, 11) is 0. The minimum Gasteiger partial charge on any atom is -0.457 e. The highest BCUT2D eigenvalue weighted by molar-refractivity contribution is 6.05. The molecule has 0 N–H and O–H groups in total. The molecule has 4 heteroatoms. The van der Waals surface area contributed by atoms with Gasteiger partial charge in [0.05, 0.1) is 6.20 Å². The van der Waals surface area contributed by atoms with Crippen molar-refractivity contribution in [3.05, 3.63) is 78.5 Å². The van der Waals surface area contributed by atoms with Crippen molar-refractivity contribution in [1.29, 1.82) is 0 Å². The number of ether oxygens (including phenoxy) is 1. The lowest BCUT2D eigenvalue weighted by molar-refractivity contribution is 0.100. The van der Waals surface area contributed by atoms with E-state index in [9.17, 15) is 4.79 Å². The minimum absolute atomic E-state index is 0.0849. The van der Waals surface area contributed by atoms with Crippen LogP contribution in [-0.2, 0) is 0 Å². The molecule has 0 radical (unpaired) electrons. The predicted octanol–water partition coefficient (Wildman–Crippen LogP) is 3.70. The molecule has 0 spiro atoms. The lowest BCUT2D eigenvalue weighted by Crippen LogP contribution is -2.01. The molecule has 20 heavy (non-hydrogen) atoms. The van der Waals surface area contributed by atoms with Crippen molar-refractivity contribution < 1.29 is 13.9 Å². The first-order valence-corrected chi connectivity index (χ1v) is 6.10. The van der Waals surface area contributed by atoms with E-state index in [1.54, 1.807) is 24.3 Å². The van der Waals surface area contributed by atoms with Gasteiger partial charge in [-0.2, -0.15) is 0 Å². The Hall–Kier alpha value is -2.88. The van der Waals surface area contributed by atoms with Crippen molar-refractivity contribution in [3.8, 4) is 11.5 Å². The topological polar surface area (TPSA) is 52.3 Å². The number of hydrogen-bond donors (Lipinski definition) is 0. The fourth-order valence-corrected chi connectivity index (χ4v) is 1.76. The Labute approximate surface area is 115 Å². The number of carbonyl (C=O) groups excluding carboxylic acids is 1. The SMILES string of the molecule is O=C(c1ccc(Oc2ccccc2)cc1)c1ncco1. The maximum atomic E-state index is 12.0. The van der Waals surface area contributed by atoms with Gasteiger partial charge in [0.1, 0.15) is 17.8 Å². The van der Waals surface area contributed by atoms with E-state index in [4.69, 9.17) is 9.15 Å². The first-order chi connectivity index (χ1) is 9.83. The molecule has 0 saturated carbocycles. The fraction of sp³-hybridized carbons (Fsp3) is 0. The Morgan fingerprint density at radius 1 is 0.950 bits per heavy atom. The van der Waals surface area contributed by atoms with Gasteiger partial charge in [0, 0.05) is 5.56 Å². The van der Waals surface area contributed by atoms with Gasteiger partial charge in [0.2, 0.25) is 5.78 Å². The lowest BCUT2D eigenvalue weighted by atomic mass is 10.1. The van der Waals surface area contributed by atoms with Crippen molar-refractivity contribution in [2.75, 3.05) is 0 Å². The Kier molecular flexibility index (Phi) is 3.29. The van der Waals surface area contributed by atoms with E-state index in [0.717, 1.165) is 5.75 Å². The van der Waals surface area contributed by atoms with Gasteiger partial charge < -0.3 is 9.15 Å². The van der Waals surface area contributed by atoms with E-state index < -0.39 is 0 Å². The van der Waals surface area contributed by atoms with Crippen LogP contribution in [0.5, 0.6) is 11.5 Å². The van der Waals surface area contributed by atoms with Crippen molar-refractivity contribution in [3.63, 3.8) is 0 Å². The van der Waals surface area contributed by atoms with Crippen LogP contribution >= 0.6 is 0 Å². The molecule has 0 aliphatic heterocycles. The highest BCUT2D eigenvalue weighted by Crippen LogP contribution is 2.21. The summed E-state index contributed by atoms with van der Waals surface area (Å²) in [5.41, 5.74) is 0.507. The third-order valence-electron chi connectivity index (χ3n) is 2.72. The molecule has 1 aromatic heterocycles. The average Bonchev–Trinajstić information content (AvgIpc) is 3.03. The highest BCUT2D eigenvalue weighted by Gasteiger charge is 2.13. The summed E-state index contributed by atoms with van der Waals surface area (Å²) in [5, 5.41) is 0. The van der Waals surface area contributed by atoms with Crippen LogP contribution in [0.25, 0.3) is 0 Å². The fourth-order valence-electron chi connectivity index (χ4n) is 1.76.